The van der Waals surface area contributed by atoms with Crippen LogP contribution in [0.4, 0.5) is 8.78 Å². The van der Waals surface area contributed by atoms with E-state index in [9.17, 15) is 18.4 Å². The van der Waals surface area contributed by atoms with Crippen molar-refractivity contribution in [3.63, 3.8) is 0 Å². The smallest absolute Gasteiger partial charge is 0.387 e. The van der Waals surface area contributed by atoms with Crippen molar-refractivity contribution in [3.05, 3.63) is 70.7 Å². The van der Waals surface area contributed by atoms with Gasteiger partial charge < -0.3 is 14.8 Å². The predicted octanol–water partition coefficient (Wildman–Crippen LogP) is 4.24. The van der Waals surface area contributed by atoms with E-state index in [1.807, 2.05) is 31.2 Å². The number of carbonyl (C=O) groups excluding carboxylic acids is 2. The van der Waals surface area contributed by atoms with Crippen molar-refractivity contribution in [2.45, 2.75) is 20.0 Å². The molecule has 1 N–H and O–H groups in total. The zero-order valence-electron chi connectivity index (χ0n) is 16.6. The second-order valence-electron chi connectivity index (χ2n) is 6.60. The predicted molar refractivity (Wildman–Crippen MR) is 112 cm³/mol. The quantitative estimate of drug-likeness (QED) is 0.498. The number of amides is 1. The molecular formula is C22H20F2N2O4S. The summed E-state index contributed by atoms with van der Waals surface area (Å²) in [6.07, 6.45) is 0.487. The van der Waals surface area contributed by atoms with Crippen LogP contribution >= 0.6 is 11.3 Å². The fourth-order valence-corrected chi connectivity index (χ4v) is 3.43. The third-order valence-corrected chi connectivity index (χ3v) is 5.12. The highest BCUT2D eigenvalue weighted by atomic mass is 32.1. The number of alkyl halides is 2. The van der Waals surface area contributed by atoms with E-state index in [0.29, 0.717) is 18.0 Å². The SMILES string of the molecule is Cc1ccc(-c2nc(C(=O)OCC(=O)NCCc3ccc(OC(F)F)cc3)cs2)cc1. The van der Waals surface area contributed by atoms with E-state index < -0.39 is 25.1 Å². The molecular weight excluding hydrogens is 426 g/mol. The second kappa shape index (κ2) is 10.6. The van der Waals surface area contributed by atoms with E-state index >= 15 is 0 Å². The Labute approximate surface area is 181 Å². The van der Waals surface area contributed by atoms with Gasteiger partial charge in [0.15, 0.2) is 12.3 Å². The number of rotatable bonds is 9. The molecule has 1 amide bonds. The number of aryl methyl sites for hydroxylation is 1. The lowest BCUT2D eigenvalue weighted by molar-refractivity contribution is -0.124. The minimum atomic E-state index is -2.87. The van der Waals surface area contributed by atoms with Crippen molar-refractivity contribution in [3.8, 4) is 16.3 Å². The highest BCUT2D eigenvalue weighted by Crippen LogP contribution is 2.24. The molecule has 0 saturated carbocycles. The topological polar surface area (TPSA) is 77.5 Å². The van der Waals surface area contributed by atoms with Crippen LogP contribution in [0.15, 0.2) is 53.9 Å². The lowest BCUT2D eigenvalue weighted by Gasteiger charge is -2.07. The van der Waals surface area contributed by atoms with Crippen LogP contribution < -0.4 is 10.1 Å². The Morgan fingerprint density at radius 3 is 2.48 bits per heavy atom. The normalized spacial score (nSPS) is 10.7. The van der Waals surface area contributed by atoms with Crippen LogP contribution in [0.25, 0.3) is 10.6 Å². The molecule has 9 heteroatoms. The van der Waals surface area contributed by atoms with Crippen LogP contribution in [-0.4, -0.2) is 36.6 Å². The summed E-state index contributed by atoms with van der Waals surface area (Å²) < 4.78 is 33.6. The molecule has 0 unspecified atom stereocenters. The van der Waals surface area contributed by atoms with Crippen LogP contribution in [0.5, 0.6) is 5.75 Å². The molecule has 6 nitrogen and oxygen atoms in total. The van der Waals surface area contributed by atoms with Crippen molar-refractivity contribution in [2.24, 2.45) is 0 Å². The summed E-state index contributed by atoms with van der Waals surface area (Å²) in [5, 5.41) is 4.93. The summed E-state index contributed by atoms with van der Waals surface area (Å²) >= 11 is 1.32. The van der Waals surface area contributed by atoms with Gasteiger partial charge in [0.2, 0.25) is 0 Å². The van der Waals surface area contributed by atoms with Gasteiger partial charge in [-0.15, -0.1) is 11.3 Å². The number of benzene rings is 2. The number of hydrogen-bond donors (Lipinski definition) is 1. The Hall–Kier alpha value is -3.33. The van der Waals surface area contributed by atoms with Gasteiger partial charge >= 0.3 is 12.6 Å². The Morgan fingerprint density at radius 1 is 1.10 bits per heavy atom. The third-order valence-electron chi connectivity index (χ3n) is 4.23. The summed E-state index contributed by atoms with van der Waals surface area (Å²) in [6, 6.07) is 13.9. The number of halogens is 2. The van der Waals surface area contributed by atoms with E-state index in [1.165, 1.54) is 23.5 Å². The largest absolute Gasteiger partial charge is 0.451 e. The minimum absolute atomic E-state index is 0.0715. The number of esters is 1. The minimum Gasteiger partial charge on any atom is -0.451 e. The van der Waals surface area contributed by atoms with Crippen LogP contribution in [0.1, 0.15) is 21.6 Å². The third kappa shape index (κ3) is 6.85. The van der Waals surface area contributed by atoms with Crippen molar-refractivity contribution in [2.75, 3.05) is 13.2 Å². The molecule has 31 heavy (non-hydrogen) atoms. The van der Waals surface area contributed by atoms with E-state index in [-0.39, 0.29) is 11.4 Å². The van der Waals surface area contributed by atoms with E-state index in [0.717, 1.165) is 16.7 Å². The van der Waals surface area contributed by atoms with E-state index in [4.69, 9.17) is 4.74 Å². The Balaban J connectivity index is 1.40. The van der Waals surface area contributed by atoms with E-state index in [2.05, 4.69) is 15.0 Å². The van der Waals surface area contributed by atoms with Crippen molar-refractivity contribution >= 4 is 23.2 Å². The van der Waals surface area contributed by atoms with Crippen molar-refractivity contribution in [1.29, 1.82) is 0 Å². The number of nitrogens with zero attached hydrogens (tertiary/aromatic N) is 1. The lowest BCUT2D eigenvalue weighted by atomic mass is 10.1. The fourth-order valence-electron chi connectivity index (χ4n) is 2.64. The molecule has 0 aliphatic heterocycles. The Kier molecular flexibility index (Phi) is 7.66. The molecule has 1 aromatic heterocycles. The molecule has 0 aliphatic carbocycles. The first-order valence-electron chi connectivity index (χ1n) is 9.41. The van der Waals surface area contributed by atoms with Crippen LogP contribution in [0.2, 0.25) is 0 Å². The Morgan fingerprint density at radius 2 is 1.81 bits per heavy atom. The van der Waals surface area contributed by atoms with Crippen LogP contribution in [0.3, 0.4) is 0 Å². The summed E-state index contributed by atoms with van der Waals surface area (Å²) in [7, 11) is 0. The van der Waals surface area contributed by atoms with Gasteiger partial charge in [-0.25, -0.2) is 9.78 Å². The van der Waals surface area contributed by atoms with Gasteiger partial charge in [-0.3, -0.25) is 4.79 Å². The maximum Gasteiger partial charge on any atom is 0.387 e. The van der Waals surface area contributed by atoms with Gasteiger partial charge in [0.1, 0.15) is 10.8 Å². The van der Waals surface area contributed by atoms with Crippen molar-refractivity contribution < 1.29 is 27.8 Å². The molecule has 0 saturated heterocycles. The molecule has 0 radical (unpaired) electrons. The lowest BCUT2D eigenvalue weighted by Crippen LogP contribution is -2.30. The van der Waals surface area contributed by atoms with Gasteiger partial charge in [-0.1, -0.05) is 42.0 Å². The molecule has 0 bridgehead atoms. The average molecular weight is 446 g/mol. The molecule has 0 atom stereocenters. The number of thiazole rings is 1. The standard InChI is InChI=1S/C22H20F2N2O4S/c1-14-2-6-16(7-3-14)20-26-18(13-31-20)21(28)29-12-19(27)25-11-10-15-4-8-17(9-5-15)30-22(23)24/h2-9,13,22H,10-12H2,1H3,(H,25,27). The zero-order valence-corrected chi connectivity index (χ0v) is 17.5. The van der Waals surface area contributed by atoms with Crippen LogP contribution in [-0.2, 0) is 16.0 Å². The maximum absolute atomic E-state index is 12.1. The number of aromatic nitrogens is 1. The summed E-state index contributed by atoms with van der Waals surface area (Å²) in [4.78, 5) is 28.3. The second-order valence-corrected chi connectivity index (χ2v) is 7.46. The number of carbonyl (C=O) groups is 2. The molecule has 0 aliphatic rings. The number of nitrogens with one attached hydrogen (secondary N) is 1. The highest BCUT2D eigenvalue weighted by Gasteiger charge is 2.15. The number of hydrogen-bond acceptors (Lipinski definition) is 6. The van der Waals surface area contributed by atoms with Gasteiger partial charge in [0, 0.05) is 17.5 Å². The molecule has 3 aromatic rings. The van der Waals surface area contributed by atoms with Crippen molar-refractivity contribution in [1.82, 2.24) is 10.3 Å². The summed E-state index contributed by atoms with van der Waals surface area (Å²) in [5.74, 6) is -1.04. The maximum atomic E-state index is 12.1. The molecule has 162 valence electrons. The molecule has 2 aromatic carbocycles. The first-order valence-corrected chi connectivity index (χ1v) is 10.3. The van der Waals surface area contributed by atoms with E-state index in [1.54, 1.807) is 17.5 Å². The fraction of sp³-hybridized carbons (Fsp3) is 0.227. The Bertz CT molecular complexity index is 1020. The first-order chi connectivity index (χ1) is 14.9. The van der Waals surface area contributed by atoms with Gasteiger partial charge in [0.05, 0.1) is 0 Å². The van der Waals surface area contributed by atoms with Crippen LogP contribution in [0, 0.1) is 6.92 Å². The van der Waals surface area contributed by atoms with Gasteiger partial charge in [0.25, 0.3) is 5.91 Å². The average Bonchev–Trinajstić information content (AvgIpc) is 3.24. The first kappa shape index (κ1) is 22.4. The number of ether oxygens (including phenoxy) is 2. The summed E-state index contributed by atoms with van der Waals surface area (Å²) in [5.41, 5.74) is 3.02. The molecule has 1 heterocycles. The monoisotopic (exact) mass is 446 g/mol. The summed E-state index contributed by atoms with van der Waals surface area (Å²) in [6.45, 7) is -0.996. The molecule has 0 spiro atoms. The van der Waals surface area contributed by atoms with Gasteiger partial charge in [-0.05, 0) is 31.0 Å². The molecule has 0 fully saturated rings. The zero-order chi connectivity index (χ0) is 22.2. The molecule has 3 rings (SSSR count). The highest BCUT2D eigenvalue weighted by molar-refractivity contribution is 7.13. The van der Waals surface area contributed by atoms with Gasteiger partial charge in [-0.2, -0.15) is 8.78 Å².